The van der Waals surface area contributed by atoms with Crippen LogP contribution in [0.4, 0.5) is 4.39 Å². The molecule has 3 atom stereocenters. The second-order valence-corrected chi connectivity index (χ2v) is 4.22. The van der Waals surface area contributed by atoms with Crippen LogP contribution in [0, 0.1) is 17.7 Å². The van der Waals surface area contributed by atoms with Crippen molar-refractivity contribution in [2.24, 2.45) is 11.8 Å². The van der Waals surface area contributed by atoms with Gasteiger partial charge in [-0.1, -0.05) is 13.0 Å². The van der Waals surface area contributed by atoms with E-state index >= 15 is 0 Å². The third-order valence-corrected chi connectivity index (χ3v) is 3.09. The molecule has 1 aliphatic carbocycles. The van der Waals surface area contributed by atoms with E-state index in [1.807, 2.05) is 0 Å². The normalized spacial score (nSPS) is 26.1. The first-order chi connectivity index (χ1) is 7.13. The fourth-order valence-corrected chi connectivity index (χ4v) is 1.90. The first-order valence-electron chi connectivity index (χ1n) is 5.15. The van der Waals surface area contributed by atoms with Crippen LogP contribution in [0.3, 0.4) is 0 Å². The van der Waals surface area contributed by atoms with Crippen molar-refractivity contribution in [3.63, 3.8) is 0 Å². The molecule has 3 heteroatoms. The second-order valence-electron chi connectivity index (χ2n) is 4.22. The minimum Gasteiger partial charge on any atom is -0.494 e. The number of benzene rings is 1. The number of halogens is 1. The van der Waals surface area contributed by atoms with Gasteiger partial charge in [0.25, 0.3) is 0 Å². The molecule has 0 amide bonds. The molecular formula is C12H15FO2. The molecule has 2 nitrogen and oxygen atoms in total. The first-order valence-corrected chi connectivity index (χ1v) is 5.15. The zero-order valence-electron chi connectivity index (χ0n) is 8.90. The number of hydrogen-bond donors (Lipinski definition) is 1. The van der Waals surface area contributed by atoms with E-state index in [0.29, 0.717) is 11.5 Å². The van der Waals surface area contributed by atoms with Crippen molar-refractivity contribution in [2.75, 3.05) is 7.11 Å². The highest BCUT2D eigenvalue weighted by Gasteiger charge is 2.39. The van der Waals surface area contributed by atoms with E-state index in [4.69, 9.17) is 4.74 Å². The maximum atomic E-state index is 13.4. The van der Waals surface area contributed by atoms with Crippen molar-refractivity contribution < 1.29 is 14.2 Å². The number of ether oxygens (including phenoxy) is 1. The minimum absolute atomic E-state index is 0.217. The summed E-state index contributed by atoms with van der Waals surface area (Å²) < 4.78 is 18.2. The Kier molecular flexibility index (Phi) is 2.65. The highest BCUT2D eigenvalue weighted by Crippen LogP contribution is 2.47. The lowest BCUT2D eigenvalue weighted by atomic mass is 10.0. The fraction of sp³-hybridized carbons (Fsp3) is 0.500. The molecule has 0 bridgehead atoms. The molecule has 2 rings (SSSR count). The van der Waals surface area contributed by atoms with Crippen LogP contribution in [-0.4, -0.2) is 12.2 Å². The maximum absolute atomic E-state index is 13.4. The van der Waals surface area contributed by atoms with Gasteiger partial charge in [0.15, 0.2) is 11.6 Å². The van der Waals surface area contributed by atoms with Gasteiger partial charge >= 0.3 is 0 Å². The SMILES string of the molecule is COc1ccc(C(O)C2CC2C)cc1F. The zero-order valence-corrected chi connectivity index (χ0v) is 8.90. The summed E-state index contributed by atoms with van der Waals surface area (Å²) in [7, 11) is 1.43. The molecule has 15 heavy (non-hydrogen) atoms. The van der Waals surface area contributed by atoms with Gasteiger partial charge in [0.1, 0.15) is 0 Å². The quantitative estimate of drug-likeness (QED) is 0.830. The van der Waals surface area contributed by atoms with E-state index in [-0.39, 0.29) is 11.7 Å². The van der Waals surface area contributed by atoms with Crippen LogP contribution in [0.1, 0.15) is 25.0 Å². The van der Waals surface area contributed by atoms with Crippen LogP contribution in [-0.2, 0) is 0 Å². The Morgan fingerprint density at radius 2 is 2.20 bits per heavy atom. The summed E-state index contributed by atoms with van der Waals surface area (Å²) in [6.45, 7) is 2.09. The minimum atomic E-state index is -0.541. The van der Waals surface area contributed by atoms with E-state index in [0.717, 1.165) is 6.42 Å². The zero-order chi connectivity index (χ0) is 11.0. The summed E-state index contributed by atoms with van der Waals surface area (Å²) in [6, 6.07) is 4.63. The van der Waals surface area contributed by atoms with Gasteiger partial charge < -0.3 is 9.84 Å². The monoisotopic (exact) mass is 210 g/mol. The summed E-state index contributed by atoms with van der Waals surface area (Å²) >= 11 is 0. The standard InChI is InChI=1S/C12H15FO2/c1-7-5-9(7)12(14)8-3-4-11(15-2)10(13)6-8/h3-4,6-7,9,12,14H,5H2,1-2H3. The van der Waals surface area contributed by atoms with Gasteiger partial charge in [-0.15, -0.1) is 0 Å². The van der Waals surface area contributed by atoms with Crippen molar-refractivity contribution in [1.29, 1.82) is 0 Å². The molecular weight excluding hydrogens is 195 g/mol. The molecule has 3 unspecified atom stereocenters. The Hall–Kier alpha value is -1.09. The predicted octanol–water partition coefficient (Wildman–Crippen LogP) is 2.52. The van der Waals surface area contributed by atoms with Crippen LogP contribution in [0.15, 0.2) is 18.2 Å². The Balaban J connectivity index is 2.18. The number of aliphatic hydroxyl groups is 1. The van der Waals surface area contributed by atoms with Gasteiger partial charge in [-0.25, -0.2) is 4.39 Å². The molecule has 1 aliphatic rings. The molecule has 0 aliphatic heterocycles. The van der Waals surface area contributed by atoms with E-state index in [1.165, 1.54) is 13.2 Å². The van der Waals surface area contributed by atoms with Gasteiger partial charge in [-0.2, -0.15) is 0 Å². The van der Waals surface area contributed by atoms with Crippen molar-refractivity contribution in [3.05, 3.63) is 29.6 Å². The molecule has 1 aromatic carbocycles. The fourth-order valence-electron chi connectivity index (χ4n) is 1.90. The van der Waals surface area contributed by atoms with Crippen LogP contribution < -0.4 is 4.74 Å². The average molecular weight is 210 g/mol. The number of hydrogen-bond acceptors (Lipinski definition) is 2. The van der Waals surface area contributed by atoms with Gasteiger partial charge in [-0.3, -0.25) is 0 Å². The molecule has 1 fully saturated rings. The lowest BCUT2D eigenvalue weighted by molar-refractivity contribution is 0.147. The molecule has 1 N–H and O–H groups in total. The average Bonchev–Trinajstić information content (AvgIpc) is 2.94. The van der Waals surface area contributed by atoms with E-state index in [9.17, 15) is 9.50 Å². The third-order valence-electron chi connectivity index (χ3n) is 3.09. The van der Waals surface area contributed by atoms with Crippen molar-refractivity contribution in [2.45, 2.75) is 19.4 Å². The maximum Gasteiger partial charge on any atom is 0.165 e. The molecule has 0 radical (unpaired) electrons. The van der Waals surface area contributed by atoms with Crippen LogP contribution in [0.2, 0.25) is 0 Å². The highest BCUT2D eigenvalue weighted by atomic mass is 19.1. The summed E-state index contributed by atoms with van der Waals surface area (Å²) in [5.74, 6) is 0.639. The largest absolute Gasteiger partial charge is 0.494 e. The van der Waals surface area contributed by atoms with Gasteiger partial charge in [0.2, 0.25) is 0 Å². The topological polar surface area (TPSA) is 29.5 Å². The summed E-state index contributed by atoms with van der Waals surface area (Å²) in [5, 5.41) is 9.91. The molecule has 0 aromatic heterocycles. The van der Waals surface area contributed by atoms with Gasteiger partial charge in [0.05, 0.1) is 13.2 Å². The van der Waals surface area contributed by atoms with Crippen molar-refractivity contribution in [3.8, 4) is 5.75 Å². The Labute approximate surface area is 88.7 Å². The summed E-state index contributed by atoms with van der Waals surface area (Å²) in [4.78, 5) is 0. The number of rotatable bonds is 3. The smallest absolute Gasteiger partial charge is 0.165 e. The third kappa shape index (κ3) is 1.97. The van der Waals surface area contributed by atoms with Gasteiger partial charge in [-0.05, 0) is 36.0 Å². The summed E-state index contributed by atoms with van der Waals surface area (Å²) in [6.07, 6.45) is 0.481. The molecule has 1 aromatic rings. The number of methoxy groups -OCH3 is 1. The van der Waals surface area contributed by atoms with Gasteiger partial charge in [0, 0.05) is 0 Å². The second kappa shape index (κ2) is 3.81. The highest BCUT2D eigenvalue weighted by molar-refractivity contribution is 5.31. The predicted molar refractivity (Wildman–Crippen MR) is 55.2 cm³/mol. The van der Waals surface area contributed by atoms with E-state index < -0.39 is 11.9 Å². The molecule has 0 saturated heterocycles. The van der Waals surface area contributed by atoms with E-state index in [1.54, 1.807) is 12.1 Å². The molecule has 0 heterocycles. The van der Waals surface area contributed by atoms with Crippen LogP contribution >= 0.6 is 0 Å². The van der Waals surface area contributed by atoms with E-state index in [2.05, 4.69) is 6.92 Å². The number of aliphatic hydroxyl groups excluding tert-OH is 1. The molecule has 1 saturated carbocycles. The molecule has 0 spiro atoms. The Morgan fingerprint density at radius 1 is 1.53 bits per heavy atom. The van der Waals surface area contributed by atoms with Crippen molar-refractivity contribution >= 4 is 0 Å². The summed E-state index contributed by atoms with van der Waals surface area (Å²) in [5.41, 5.74) is 0.641. The lowest BCUT2D eigenvalue weighted by Crippen LogP contribution is -2.02. The van der Waals surface area contributed by atoms with Crippen LogP contribution in [0.5, 0.6) is 5.75 Å². The van der Waals surface area contributed by atoms with Crippen molar-refractivity contribution in [1.82, 2.24) is 0 Å². The first kappa shape index (κ1) is 10.4. The Bertz CT molecular complexity index is 365. The molecule has 82 valence electrons. The van der Waals surface area contributed by atoms with Crippen LogP contribution in [0.25, 0.3) is 0 Å². The Morgan fingerprint density at radius 3 is 2.67 bits per heavy atom. The lowest BCUT2D eigenvalue weighted by Gasteiger charge is -2.11.